The van der Waals surface area contributed by atoms with E-state index in [-0.39, 0.29) is 6.10 Å². The number of anilines is 1. The van der Waals surface area contributed by atoms with Gasteiger partial charge in [-0.1, -0.05) is 5.16 Å². The normalized spacial score (nSPS) is 20.4. The third-order valence-electron chi connectivity index (χ3n) is 2.50. The molecule has 2 N–H and O–H groups in total. The second-order valence-electron chi connectivity index (χ2n) is 3.66. The zero-order chi connectivity index (χ0) is 11.0. The monoisotopic (exact) mass is 237 g/mol. The summed E-state index contributed by atoms with van der Waals surface area (Å²) in [5, 5.41) is 4.68. The minimum atomic E-state index is -0.00481. The van der Waals surface area contributed by atoms with Gasteiger partial charge in [0.15, 0.2) is 0 Å². The Balaban J connectivity index is 1.87. The Morgan fingerprint density at radius 3 is 3.06 bits per heavy atom. The van der Waals surface area contributed by atoms with Crippen LogP contribution in [0.5, 0.6) is 0 Å². The van der Waals surface area contributed by atoms with Crippen LogP contribution in [0.4, 0.5) is 5.00 Å². The van der Waals surface area contributed by atoms with Crippen LogP contribution in [0.25, 0.3) is 10.8 Å². The molecule has 1 unspecified atom stereocenters. The lowest BCUT2D eigenvalue weighted by atomic mass is 10.2. The van der Waals surface area contributed by atoms with Crippen molar-refractivity contribution < 1.29 is 9.26 Å². The molecule has 0 aromatic carbocycles. The maximum Gasteiger partial charge on any atom is 0.268 e. The summed E-state index contributed by atoms with van der Waals surface area (Å²) in [6.45, 7) is 0.778. The van der Waals surface area contributed by atoms with Crippen LogP contribution in [-0.2, 0) is 4.74 Å². The third kappa shape index (κ3) is 1.70. The van der Waals surface area contributed by atoms with E-state index in [0.717, 1.165) is 29.3 Å². The fourth-order valence-electron chi connectivity index (χ4n) is 1.71. The fraction of sp³-hybridized carbons (Fsp3) is 0.400. The lowest BCUT2D eigenvalue weighted by molar-refractivity contribution is 0.103. The largest absolute Gasteiger partial charge is 0.391 e. The second kappa shape index (κ2) is 3.88. The minimum Gasteiger partial charge on any atom is -0.391 e. The fourth-order valence-corrected chi connectivity index (χ4v) is 2.41. The SMILES string of the molecule is Nc1ccc(-c2nc(C3CCCO3)no2)s1. The molecule has 1 fully saturated rings. The van der Waals surface area contributed by atoms with Gasteiger partial charge in [0, 0.05) is 6.61 Å². The molecule has 1 aliphatic rings. The molecule has 1 aliphatic heterocycles. The number of ether oxygens (including phenoxy) is 1. The first-order chi connectivity index (χ1) is 7.83. The summed E-state index contributed by atoms with van der Waals surface area (Å²) < 4.78 is 10.7. The van der Waals surface area contributed by atoms with Crippen molar-refractivity contribution in [2.45, 2.75) is 18.9 Å². The number of aromatic nitrogens is 2. The molecule has 3 rings (SSSR count). The molecule has 84 valence electrons. The average Bonchev–Trinajstić information content (AvgIpc) is 2.97. The van der Waals surface area contributed by atoms with Gasteiger partial charge < -0.3 is 15.0 Å². The number of hydrogen-bond acceptors (Lipinski definition) is 6. The summed E-state index contributed by atoms with van der Waals surface area (Å²) in [4.78, 5) is 5.23. The van der Waals surface area contributed by atoms with Gasteiger partial charge in [-0.05, 0) is 25.0 Å². The Labute approximate surface area is 96.2 Å². The van der Waals surface area contributed by atoms with Crippen LogP contribution < -0.4 is 5.73 Å². The molecule has 0 saturated carbocycles. The van der Waals surface area contributed by atoms with Gasteiger partial charge in [0.1, 0.15) is 6.10 Å². The molecule has 5 nitrogen and oxygen atoms in total. The highest BCUT2D eigenvalue weighted by Crippen LogP contribution is 2.31. The van der Waals surface area contributed by atoms with Crippen molar-refractivity contribution in [3.63, 3.8) is 0 Å². The standard InChI is InChI=1S/C10H11N3O2S/c11-8-4-3-7(16-8)10-12-9(13-15-10)6-2-1-5-14-6/h3-4,6H,1-2,5,11H2. The van der Waals surface area contributed by atoms with Gasteiger partial charge in [0.2, 0.25) is 5.82 Å². The Hall–Kier alpha value is -1.40. The van der Waals surface area contributed by atoms with Crippen LogP contribution in [0.15, 0.2) is 16.7 Å². The molecule has 0 aliphatic carbocycles. The van der Waals surface area contributed by atoms with Crippen molar-refractivity contribution >= 4 is 16.3 Å². The van der Waals surface area contributed by atoms with Crippen molar-refractivity contribution in [2.75, 3.05) is 12.3 Å². The summed E-state index contributed by atoms with van der Waals surface area (Å²) in [5.74, 6) is 1.16. The number of nitrogen functional groups attached to an aromatic ring is 1. The lowest BCUT2D eigenvalue weighted by Gasteiger charge is -2.00. The molecule has 3 heterocycles. The third-order valence-corrected chi connectivity index (χ3v) is 3.40. The number of hydrogen-bond donors (Lipinski definition) is 1. The Morgan fingerprint density at radius 1 is 1.44 bits per heavy atom. The molecule has 1 atom stereocenters. The van der Waals surface area contributed by atoms with Crippen molar-refractivity contribution in [2.24, 2.45) is 0 Å². The van der Waals surface area contributed by atoms with Crippen LogP contribution in [0.1, 0.15) is 24.8 Å². The van der Waals surface area contributed by atoms with E-state index in [1.807, 2.05) is 12.1 Å². The first kappa shape index (κ1) is 9.80. The Morgan fingerprint density at radius 2 is 2.38 bits per heavy atom. The van der Waals surface area contributed by atoms with Gasteiger partial charge in [-0.3, -0.25) is 0 Å². The molecule has 0 bridgehead atoms. The van der Waals surface area contributed by atoms with E-state index in [2.05, 4.69) is 10.1 Å². The van der Waals surface area contributed by atoms with Gasteiger partial charge in [0.25, 0.3) is 5.89 Å². The van der Waals surface area contributed by atoms with Crippen molar-refractivity contribution in [1.29, 1.82) is 0 Å². The van der Waals surface area contributed by atoms with Crippen LogP contribution in [0.3, 0.4) is 0 Å². The molecular weight excluding hydrogens is 226 g/mol. The zero-order valence-corrected chi connectivity index (χ0v) is 9.37. The van der Waals surface area contributed by atoms with Gasteiger partial charge in [-0.2, -0.15) is 4.98 Å². The lowest BCUT2D eigenvalue weighted by Crippen LogP contribution is -1.97. The maximum atomic E-state index is 5.65. The highest BCUT2D eigenvalue weighted by Gasteiger charge is 2.23. The van der Waals surface area contributed by atoms with E-state index in [4.69, 9.17) is 15.0 Å². The molecule has 0 amide bonds. The molecule has 2 aromatic heterocycles. The number of nitrogens with two attached hydrogens (primary N) is 1. The molecule has 6 heteroatoms. The predicted molar refractivity (Wildman–Crippen MR) is 60.0 cm³/mol. The van der Waals surface area contributed by atoms with Gasteiger partial charge in [-0.15, -0.1) is 11.3 Å². The molecule has 0 spiro atoms. The Kier molecular flexibility index (Phi) is 2.37. The van der Waals surface area contributed by atoms with Gasteiger partial charge in [0.05, 0.1) is 9.88 Å². The average molecular weight is 237 g/mol. The summed E-state index contributed by atoms with van der Waals surface area (Å²) >= 11 is 1.44. The molecule has 1 saturated heterocycles. The van der Waals surface area contributed by atoms with E-state index >= 15 is 0 Å². The molecule has 16 heavy (non-hydrogen) atoms. The summed E-state index contributed by atoms with van der Waals surface area (Å²) in [6, 6.07) is 3.71. The quantitative estimate of drug-likeness (QED) is 0.866. The van der Waals surface area contributed by atoms with Crippen LogP contribution >= 0.6 is 11.3 Å². The highest BCUT2D eigenvalue weighted by molar-refractivity contribution is 7.19. The van der Waals surface area contributed by atoms with E-state index in [1.165, 1.54) is 11.3 Å². The Bertz CT molecular complexity index is 488. The van der Waals surface area contributed by atoms with Crippen LogP contribution in [0, 0.1) is 0 Å². The first-order valence-corrected chi connectivity index (χ1v) is 5.95. The second-order valence-corrected chi connectivity index (χ2v) is 4.78. The number of nitrogens with zero attached hydrogens (tertiary/aromatic N) is 2. The zero-order valence-electron chi connectivity index (χ0n) is 8.55. The predicted octanol–water partition coefficient (Wildman–Crippen LogP) is 2.23. The van der Waals surface area contributed by atoms with Crippen LogP contribution in [0.2, 0.25) is 0 Å². The van der Waals surface area contributed by atoms with Gasteiger partial charge in [-0.25, -0.2) is 0 Å². The summed E-state index contributed by atoms with van der Waals surface area (Å²) in [7, 11) is 0. The first-order valence-electron chi connectivity index (χ1n) is 5.14. The minimum absolute atomic E-state index is 0.00481. The summed E-state index contributed by atoms with van der Waals surface area (Å²) in [6.07, 6.45) is 2.02. The summed E-state index contributed by atoms with van der Waals surface area (Å²) in [5.41, 5.74) is 5.65. The number of rotatable bonds is 2. The van der Waals surface area contributed by atoms with E-state index in [1.54, 1.807) is 0 Å². The van der Waals surface area contributed by atoms with Crippen molar-refractivity contribution in [3.8, 4) is 10.8 Å². The molecular formula is C10H11N3O2S. The van der Waals surface area contributed by atoms with E-state index in [9.17, 15) is 0 Å². The maximum absolute atomic E-state index is 5.65. The molecule has 0 radical (unpaired) electrons. The van der Waals surface area contributed by atoms with Crippen molar-refractivity contribution in [1.82, 2.24) is 10.1 Å². The van der Waals surface area contributed by atoms with Crippen molar-refractivity contribution in [3.05, 3.63) is 18.0 Å². The smallest absolute Gasteiger partial charge is 0.268 e. The number of thiophene rings is 1. The van der Waals surface area contributed by atoms with Crippen LogP contribution in [-0.4, -0.2) is 16.7 Å². The molecule has 2 aromatic rings. The topological polar surface area (TPSA) is 74.2 Å². The van der Waals surface area contributed by atoms with E-state index < -0.39 is 0 Å². The van der Waals surface area contributed by atoms with Gasteiger partial charge >= 0.3 is 0 Å². The highest BCUT2D eigenvalue weighted by atomic mass is 32.1. The van der Waals surface area contributed by atoms with E-state index in [0.29, 0.717) is 11.7 Å².